The van der Waals surface area contributed by atoms with Gasteiger partial charge in [-0.1, -0.05) is 35.9 Å². The molecule has 144 valence electrons. The molecule has 2 heterocycles. The highest BCUT2D eigenvalue weighted by molar-refractivity contribution is 5.85. The Morgan fingerprint density at radius 2 is 1.86 bits per heavy atom. The Kier molecular flexibility index (Phi) is 4.86. The first-order valence-electron chi connectivity index (χ1n) is 9.62. The highest BCUT2D eigenvalue weighted by atomic mass is 16.2. The lowest BCUT2D eigenvalue weighted by atomic mass is 9.96. The van der Waals surface area contributed by atoms with Crippen LogP contribution in [0.3, 0.4) is 0 Å². The summed E-state index contributed by atoms with van der Waals surface area (Å²) in [5.41, 5.74) is 9.37. The van der Waals surface area contributed by atoms with Gasteiger partial charge in [-0.2, -0.15) is 0 Å². The van der Waals surface area contributed by atoms with Gasteiger partial charge in [0.15, 0.2) is 0 Å². The molecule has 1 aliphatic heterocycles. The Hall–Kier alpha value is -3.15. The van der Waals surface area contributed by atoms with Crippen LogP contribution in [0.5, 0.6) is 0 Å². The van der Waals surface area contributed by atoms with E-state index in [9.17, 15) is 9.59 Å². The van der Waals surface area contributed by atoms with E-state index < -0.39 is 0 Å². The third-order valence-corrected chi connectivity index (χ3v) is 5.47. The molecule has 3 aromatic rings. The SMILES string of the molecule is Cc1cccc(-c2nc3ccccc3n2CC(=O)N2CCC(C(N)=O)CC2)c1. The molecule has 1 fully saturated rings. The first-order chi connectivity index (χ1) is 13.5. The van der Waals surface area contributed by atoms with Crippen molar-refractivity contribution < 1.29 is 9.59 Å². The summed E-state index contributed by atoms with van der Waals surface area (Å²) < 4.78 is 1.99. The van der Waals surface area contributed by atoms with E-state index in [1.54, 1.807) is 0 Å². The molecule has 2 aromatic carbocycles. The standard InChI is InChI=1S/C22H24N4O2/c1-15-5-4-6-17(13-15)22-24-18-7-2-3-8-19(18)26(22)14-20(27)25-11-9-16(10-12-25)21(23)28/h2-8,13,16H,9-12,14H2,1H3,(H2,23,28). The topological polar surface area (TPSA) is 81.2 Å². The molecule has 2 N–H and O–H groups in total. The van der Waals surface area contributed by atoms with Gasteiger partial charge in [-0.3, -0.25) is 9.59 Å². The van der Waals surface area contributed by atoms with Gasteiger partial charge in [-0.15, -0.1) is 0 Å². The lowest BCUT2D eigenvalue weighted by Crippen LogP contribution is -2.43. The van der Waals surface area contributed by atoms with Gasteiger partial charge in [0.25, 0.3) is 0 Å². The lowest BCUT2D eigenvalue weighted by Gasteiger charge is -2.30. The molecule has 2 amide bonds. The summed E-state index contributed by atoms with van der Waals surface area (Å²) in [7, 11) is 0. The molecule has 0 radical (unpaired) electrons. The summed E-state index contributed by atoms with van der Waals surface area (Å²) in [5.74, 6) is 0.445. The fourth-order valence-electron chi connectivity index (χ4n) is 3.89. The number of imidazole rings is 1. The molecule has 0 saturated carbocycles. The van der Waals surface area contributed by atoms with E-state index in [4.69, 9.17) is 10.7 Å². The van der Waals surface area contributed by atoms with Crippen molar-refractivity contribution in [3.63, 3.8) is 0 Å². The number of hydrogen-bond acceptors (Lipinski definition) is 3. The van der Waals surface area contributed by atoms with Crippen molar-refractivity contribution in [2.75, 3.05) is 13.1 Å². The molecule has 1 aliphatic rings. The van der Waals surface area contributed by atoms with Gasteiger partial charge >= 0.3 is 0 Å². The van der Waals surface area contributed by atoms with E-state index in [1.165, 1.54) is 0 Å². The maximum atomic E-state index is 13.0. The van der Waals surface area contributed by atoms with E-state index in [0.717, 1.165) is 28.0 Å². The first-order valence-corrected chi connectivity index (χ1v) is 9.62. The predicted molar refractivity (Wildman–Crippen MR) is 108 cm³/mol. The molecular weight excluding hydrogens is 352 g/mol. The van der Waals surface area contributed by atoms with E-state index in [1.807, 2.05) is 58.9 Å². The molecular formula is C22H24N4O2. The van der Waals surface area contributed by atoms with Gasteiger partial charge in [-0.05, 0) is 38.0 Å². The molecule has 0 unspecified atom stereocenters. The number of carbonyl (C=O) groups is 2. The van der Waals surface area contributed by atoms with Crippen LogP contribution >= 0.6 is 0 Å². The number of amides is 2. The van der Waals surface area contributed by atoms with Crippen molar-refractivity contribution in [1.82, 2.24) is 14.5 Å². The van der Waals surface area contributed by atoms with Crippen LogP contribution in [0.25, 0.3) is 22.4 Å². The predicted octanol–water partition coefficient (Wildman–Crippen LogP) is 2.74. The maximum absolute atomic E-state index is 13.0. The number of primary amides is 1. The Balaban J connectivity index is 1.64. The number of aromatic nitrogens is 2. The van der Waals surface area contributed by atoms with Crippen molar-refractivity contribution >= 4 is 22.8 Å². The Labute approximate surface area is 164 Å². The van der Waals surface area contributed by atoms with Crippen LogP contribution in [0, 0.1) is 12.8 Å². The van der Waals surface area contributed by atoms with Gasteiger partial charge in [0, 0.05) is 24.6 Å². The van der Waals surface area contributed by atoms with E-state index >= 15 is 0 Å². The zero-order chi connectivity index (χ0) is 19.7. The summed E-state index contributed by atoms with van der Waals surface area (Å²) >= 11 is 0. The largest absolute Gasteiger partial charge is 0.369 e. The molecule has 4 rings (SSSR count). The summed E-state index contributed by atoms with van der Waals surface area (Å²) in [6, 6.07) is 16.0. The van der Waals surface area contributed by atoms with Crippen molar-refractivity contribution in [2.24, 2.45) is 11.7 Å². The fourth-order valence-corrected chi connectivity index (χ4v) is 3.89. The zero-order valence-electron chi connectivity index (χ0n) is 16.0. The molecule has 1 aromatic heterocycles. The lowest BCUT2D eigenvalue weighted by molar-refractivity contribution is -0.135. The second-order valence-corrected chi connectivity index (χ2v) is 7.44. The van der Waals surface area contributed by atoms with Crippen LogP contribution in [0.15, 0.2) is 48.5 Å². The smallest absolute Gasteiger partial charge is 0.242 e. The van der Waals surface area contributed by atoms with Crippen molar-refractivity contribution in [2.45, 2.75) is 26.3 Å². The highest BCUT2D eigenvalue weighted by Gasteiger charge is 2.26. The number of aryl methyl sites for hydroxylation is 1. The van der Waals surface area contributed by atoms with Crippen LogP contribution in [0.2, 0.25) is 0 Å². The van der Waals surface area contributed by atoms with Crippen LogP contribution < -0.4 is 5.73 Å². The number of para-hydroxylation sites is 2. The fraction of sp³-hybridized carbons (Fsp3) is 0.318. The quantitative estimate of drug-likeness (QED) is 0.760. The Morgan fingerprint density at radius 3 is 2.57 bits per heavy atom. The van der Waals surface area contributed by atoms with Crippen molar-refractivity contribution in [1.29, 1.82) is 0 Å². The van der Waals surface area contributed by atoms with E-state index in [2.05, 4.69) is 6.07 Å². The van der Waals surface area contributed by atoms with Gasteiger partial charge < -0.3 is 15.2 Å². The van der Waals surface area contributed by atoms with Gasteiger partial charge in [0.05, 0.1) is 11.0 Å². The number of rotatable bonds is 4. The van der Waals surface area contributed by atoms with Crippen LogP contribution in [-0.4, -0.2) is 39.4 Å². The zero-order valence-corrected chi connectivity index (χ0v) is 16.0. The van der Waals surface area contributed by atoms with Crippen LogP contribution in [0.1, 0.15) is 18.4 Å². The third kappa shape index (κ3) is 3.50. The van der Waals surface area contributed by atoms with Gasteiger partial charge in [0.2, 0.25) is 11.8 Å². The van der Waals surface area contributed by atoms with E-state index in [-0.39, 0.29) is 24.3 Å². The molecule has 6 nitrogen and oxygen atoms in total. The van der Waals surface area contributed by atoms with Gasteiger partial charge in [-0.25, -0.2) is 4.98 Å². The second kappa shape index (κ2) is 7.46. The monoisotopic (exact) mass is 376 g/mol. The Bertz CT molecular complexity index is 1030. The van der Waals surface area contributed by atoms with Gasteiger partial charge in [0.1, 0.15) is 12.4 Å². The minimum absolute atomic E-state index is 0.0416. The number of hydrogen-bond donors (Lipinski definition) is 1. The highest BCUT2D eigenvalue weighted by Crippen LogP contribution is 2.26. The number of fused-ring (bicyclic) bond motifs is 1. The first kappa shape index (κ1) is 18.2. The molecule has 0 atom stereocenters. The van der Waals surface area contributed by atoms with Crippen molar-refractivity contribution in [3.05, 3.63) is 54.1 Å². The number of carbonyl (C=O) groups excluding carboxylic acids is 2. The normalized spacial score (nSPS) is 15.1. The average molecular weight is 376 g/mol. The summed E-state index contributed by atoms with van der Waals surface area (Å²) in [6.45, 7) is 3.41. The van der Waals surface area contributed by atoms with Crippen LogP contribution in [0.4, 0.5) is 0 Å². The maximum Gasteiger partial charge on any atom is 0.242 e. The molecule has 0 bridgehead atoms. The number of nitrogens with two attached hydrogens (primary N) is 1. The number of piperidine rings is 1. The molecule has 1 saturated heterocycles. The number of benzene rings is 2. The average Bonchev–Trinajstić information content (AvgIpc) is 3.06. The van der Waals surface area contributed by atoms with E-state index in [0.29, 0.717) is 25.9 Å². The minimum atomic E-state index is -0.269. The molecule has 28 heavy (non-hydrogen) atoms. The molecule has 0 aliphatic carbocycles. The number of likely N-dealkylation sites (tertiary alicyclic amines) is 1. The third-order valence-electron chi connectivity index (χ3n) is 5.47. The molecule has 0 spiro atoms. The minimum Gasteiger partial charge on any atom is -0.369 e. The van der Waals surface area contributed by atoms with Crippen molar-refractivity contribution in [3.8, 4) is 11.4 Å². The Morgan fingerprint density at radius 1 is 1.11 bits per heavy atom. The summed E-state index contributed by atoms with van der Waals surface area (Å²) in [4.78, 5) is 31.0. The summed E-state index contributed by atoms with van der Waals surface area (Å²) in [5, 5.41) is 0. The second-order valence-electron chi connectivity index (χ2n) is 7.44. The van der Waals surface area contributed by atoms with Crippen LogP contribution in [-0.2, 0) is 16.1 Å². The number of nitrogens with zero attached hydrogens (tertiary/aromatic N) is 3. The molecule has 6 heteroatoms. The summed E-state index contributed by atoms with van der Waals surface area (Å²) in [6.07, 6.45) is 1.27.